The Balaban J connectivity index is 1.75. The first-order chi connectivity index (χ1) is 11.6. The van der Waals surface area contributed by atoms with Crippen LogP contribution in [-0.2, 0) is 13.0 Å². The number of fused-ring (bicyclic) bond motifs is 2. The third kappa shape index (κ3) is 2.13. The van der Waals surface area contributed by atoms with Gasteiger partial charge in [-0.05, 0) is 45.7 Å². The summed E-state index contributed by atoms with van der Waals surface area (Å²) in [4.78, 5) is 3.37. The zero-order chi connectivity index (χ0) is 16.8. The molecule has 1 N–H and O–H groups in total. The molecule has 3 heterocycles. The van der Waals surface area contributed by atoms with E-state index >= 15 is 0 Å². The fourth-order valence-electron chi connectivity index (χ4n) is 3.92. The molecule has 0 saturated heterocycles. The monoisotopic (exact) mass is 318 g/mol. The molecular weight excluding hydrogens is 296 g/mol. The average Bonchev–Trinajstić information content (AvgIpc) is 3.10. The van der Waals surface area contributed by atoms with E-state index < -0.39 is 0 Å². The first-order valence-electron chi connectivity index (χ1n) is 8.42. The molecule has 4 nitrogen and oxygen atoms in total. The number of rotatable bonds is 3. The molecule has 0 bridgehead atoms. The van der Waals surface area contributed by atoms with Gasteiger partial charge in [0.2, 0.25) is 0 Å². The Hall–Kier alpha value is -2.62. The van der Waals surface area contributed by atoms with E-state index in [1.807, 2.05) is 13.8 Å². The SMILES string of the molecule is Cc1nnc(C)c2c(C)n(CCc3c[nH]c4ccccc34)c(C)c12. The first-order valence-corrected chi connectivity index (χ1v) is 8.42. The summed E-state index contributed by atoms with van der Waals surface area (Å²) >= 11 is 0. The van der Waals surface area contributed by atoms with Crippen LogP contribution in [0.4, 0.5) is 0 Å². The standard InChI is InChI=1S/C20H22N4/c1-12-19-14(3)24(15(4)20(19)13(2)23-22-12)10-9-16-11-21-18-8-6-5-7-17(16)18/h5-8,11,21H,9-10H2,1-4H3. The fourth-order valence-corrected chi connectivity index (χ4v) is 3.92. The smallest absolute Gasteiger partial charge is 0.0696 e. The average molecular weight is 318 g/mol. The first kappa shape index (κ1) is 14.9. The number of para-hydroxylation sites is 1. The van der Waals surface area contributed by atoms with E-state index in [0.29, 0.717) is 0 Å². The van der Waals surface area contributed by atoms with Crippen molar-refractivity contribution in [1.29, 1.82) is 0 Å². The second-order valence-corrected chi connectivity index (χ2v) is 6.55. The van der Waals surface area contributed by atoms with Gasteiger partial charge in [0.15, 0.2) is 0 Å². The van der Waals surface area contributed by atoms with Gasteiger partial charge in [-0.15, -0.1) is 0 Å². The Morgan fingerprint density at radius 3 is 2.21 bits per heavy atom. The lowest BCUT2D eigenvalue weighted by Gasteiger charge is -2.09. The highest BCUT2D eigenvalue weighted by atomic mass is 15.1. The summed E-state index contributed by atoms with van der Waals surface area (Å²) in [6, 6.07) is 8.49. The molecule has 0 aliphatic heterocycles. The van der Waals surface area contributed by atoms with Crippen LogP contribution in [0.3, 0.4) is 0 Å². The van der Waals surface area contributed by atoms with Crippen molar-refractivity contribution in [2.45, 2.75) is 40.7 Å². The van der Waals surface area contributed by atoms with Crippen LogP contribution in [-0.4, -0.2) is 19.7 Å². The number of benzene rings is 1. The van der Waals surface area contributed by atoms with Crippen LogP contribution in [0.5, 0.6) is 0 Å². The Morgan fingerprint density at radius 2 is 1.54 bits per heavy atom. The number of aryl methyl sites for hydroxylation is 5. The summed E-state index contributed by atoms with van der Waals surface area (Å²) in [6.07, 6.45) is 3.14. The third-order valence-corrected chi connectivity index (χ3v) is 5.14. The van der Waals surface area contributed by atoms with Crippen LogP contribution in [0.2, 0.25) is 0 Å². The van der Waals surface area contributed by atoms with Crippen molar-refractivity contribution in [3.05, 3.63) is 58.8 Å². The Labute approximate surface area is 141 Å². The number of aromatic amines is 1. The molecule has 1 aromatic carbocycles. The van der Waals surface area contributed by atoms with Gasteiger partial charge in [0.25, 0.3) is 0 Å². The highest BCUT2D eigenvalue weighted by molar-refractivity contribution is 5.91. The van der Waals surface area contributed by atoms with Crippen LogP contribution >= 0.6 is 0 Å². The summed E-state index contributed by atoms with van der Waals surface area (Å²) < 4.78 is 2.41. The molecule has 0 fully saturated rings. The Bertz CT molecular complexity index is 1010. The number of nitrogens with one attached hydrogen (secondary N) is 1. The lowest BCUT2D eigenvalue weighted by atomic mass is 10.1. The molecule has 0 spiro atoms. The van der Waals surface area contributed by atoms with Crippen LogP contribution < -0.4 is 0 Å². The number of aromatic nitrogens is 4. The molecule has 3 aromatic heterocycles. The van der Waals surface area contributed by atoms with Gasteiger partial charge in [0.05, 0.1) is 11.4 Å². The molecule has 4 aromatic rings. The molecule has 24 heavy (non-hydrogen) atoms. The maximum absolute atomic E-state index is 4.30. The molecule has 0 amide bonds. The lowest BCUT2D eigenvalue weighted by Crippen LogP contribution is -2.05. The summed E-state index contributed by atoms with van der Waals surface area (Å²) in [6.45, 7) is 9.45. The van der Waals surface area contributed by atoms with E-state index in [9.17, 15) is 0 Å². The highest BCUT2D eigenvalue weighted by Gasteiger charge is 2.16. The van der Waals surface area contributed by atoms with E-state index in [4.69, 9.17) is 0 Å². The molecule has 0 saturated carbocycles. The molecule has 0 aliphatic carbocycles. The van der Waals surface area contributed by atoms with E-state index in [1.54, 1.807) is 0 Å². The van der Waals surface area contributed by atoms with Crippen molar-refractivity contribution in [1.82, 2.24) is 19.7 Å². The molecule has 122 valence electrons. The molecule has 0 aliphatic rings. The zero-order valence-corrected chi connectivity index (χ0v) is 14.6. The van der Waals surface area contributed by atoms with Crippen LogP contribution in [0.25, 0.3) is 21.7 Å². The van der Waals surface area contributed by atoms with Crippen molar-refractivity contribution in [3.8, 4) is 0 Å². The van der Waals surface area contributed by atoms with E-state index in [-0.39, 0.29) is 0 Å². The van der Waals surface area contributed by atoms with Crippen LogP contribution in [0.1, 0.15) is 28.3 Å². The number of hydrogen-bond acceptors (Lipinski definition) is 2. The van der Waals surface area contributed by atoms with Crippen molar-refractivity contribution >= 4 is 21.7 Å². The van der Waals surface area contributed by atoms with E-state index in [2.05, 4.69) is 64.1 Å². The van der Waals surface area contributed by atoms with Crippen molar-refractivity contribution in [3.63, 3.8) is 0 Å². The molecular formula is C20H22N4. The van der Waals surface area contributed by atoms with Crippen LogP contribution in [0, 0.1) is 27.7 Å². The summed E-state index contributed by atoms with van der Waals surface area (Å²) in [5.74, 6) is 0. The summed E-state index contributed by atoms with van der Waals surface area (Å²) in [7, 11) is 0. The lowest BCUT2D eigenvalue weighted by molar-refractivity contribution is 0.669. The van der Waals surface area contributed by atoms with Gasteiger partial charge in [-0.1, -0.05) is 18.2 Å². The van der Waals surface area contributed by atoms with E-state index in [0.717, 1.165) is 24.4 Å². The van der Waals surface area contributed by atoms with Gasteiger partial charge in [-0.3, -0.25) is 0 Å². The minimum atomic E-state index is 0.965. The zero-order valence-electron chi connectivity index (χ0n) is 14.6. The van der Waals surface area contributed by atoms with Crippen molar-refractivity contribution in [2.75, 3.05) is 0 Å². The van der Waals surface area contributed by atoms with Crippen LogP contribution in [0.15, 0.2) is 30.5 Å². The predicted molar refractivity (Wildman–Crippen MR) is 98.5 cm³/mol. The van der Waals surface area contributed by atoms with Gasteiger partial charge >= 0.3 is 0 Å². The van der Waals surface area contributed by atoms with Gasteiger partial charge in [0.1, 0.15) is 0 Å². The number of H-pyrrole nitrogens is 1. The van der Waals surface area contributed by atoms with E-state index in [1.165, 1.54) is 38.6 Å². The van der Waals surface area contributed by atoms with Gasteiger partial charge in [-0.25, -0.2) is 0 Å². The third-order valence-electron chi connectivity index (χ3n) is 5.14. The minimum absolute atomic E-state index is 0.965. The number of hydrogen-bond donors (Lipinski definition) is 1. The number of nitrogens with zero attached hydrogens (tertiary/aromatic N) is 3. The van der Waals surface area contributed by atoms with Gasteiger partial charge < -0.3 is 9.55 Å². The molecule has 4 rings (SSSR count). The largest absolute Gasteiger partial charge is 0.361 e. The quantitative estimate of drug-likeness (QED) is 0.609. The molecule has 0 radical (unpaired) electrons. The minimum Gasteiger partial charge on any atom is -0.361 e. The predicted octanol–water partition coefficient (Wildman–Crippen LogP) is 4.39. The topological polar surface area (TPSA) is 46.5 Å². The fraction of sp³-hybridized carbons (Fsp3) is 0.300. The summed E-state index contributed by atoms with van der Waals surface area (Å²) in [5, 5.41) is 12.5. The molecule has 0 atom stereocenters. The second kappa shape index (κ2) is 5.48. The Kier molecular flexibility index (Phi) is 3.41. The van der Waals surface area contributed by atoms with Gasteiger partial charge in [-0.2, -0.15) is 10.2 Å². The molecule has 0 unspecified atom stereocenters. The molecule has 4 heteroatoms. The maximum Gasteiger partial charge on any atom is 0.0696 e. The normalized spacial score (nSPS) is 11.7. The van der Waals surface area contributed by atoms with Crippen molar-refractivity contribution in [2.24, 2.45) is 0 Å². The van der Waals surface area contributed by atoms with Gasteiger partial charge in [0, 0.05) is 45.8 Å². The van der Waals surface area contributed by atoms with Crippen molar-refractivity contribution < 1.29 is 0 Å². The highest BCUT2D eigenvalue weighted by Crippen LogP contribution is 2.29. The second-order valence-electron chi connectivity index (χ2n) is 6.55. The maximum atomic E-state index is 4.30. The summed E-state index contributed by atoms with van der Waals surface area (Å²) in [5.41, 5.74) is 7.19. The Morgan fingerprint density at radius 1 is 0.917 bits per heavy atom.